The Kier molecular flexibility index (Phi) is 7.55. The van der Waals surface area contributed by atoms with Crippen molar-refractivity contribution in [2.75, 3.05) is 0 Å². The number of benzene rings is 10. The number of imidazole rings is 1. The highest BCUT2D eigenvalue weighted by Crippen LogP contribution is 2.41. The predicted molar refractivity (Wildman–Crippen MR) is 238 cm³/mol. The fourth-order valence-corrected chi connectivity index (χ4v) is 8.76. The summed E-state index contributed by atoms with van der Waals surface area (Å²) in [6, 6.07) is 73.3. The van der Waals surface area contributed by atoms with Gasteiger partial charge in [-0.1, -0.05) is 152 Å². The summed E-state index contributed by atoms with van der Waals surface area (Å²) in [6.45, 7) is 0. The first kappa shape index (κ1) is 32.6. The largest absolute Gasteiger partial charge is 0.292 e. The summed E-state index contributed by atoms with van der Waals surface area (Å²) in [5, 5.41) is 20.0. The van der Waals surface area contributed by atoms with Crippen LogP contribution >= 0.6 is 0 Å². The average molecular weight is 724 g/mol. The topological polar surface area (TPSA) is 41.6 Å². The summed E-state index contributed by atoms with van der Waals surface area (Å²) in [7, 11) is 0. The van der Waals surface area contributed by atoms with Gasteiger partial charge in [0.2, 0.25) is 0 Å². The molecule has 11 rings (SSSR count). The zero-order valence-corrected chi connectivity index (χ0v) is 30.9. The second-order valence-electron chi connectivity index (χ2n) is 14.6. The van der Waals surface area contributed by atoms with Crippen molar-refractivity contribution in [2.24, 2.45) is 0 Å². The summed E-state index contributed by atoms with van der Waals surface area (Å²) in [6.07, 6.45) is 0. The second-order valence-corrected chi connectivity index (χ2v) is 14.6. The number of aromatic nitrogens is 2. The second kappa shape index (κ2) is 13.2. The molecule has 264 valence electrons. The van der Waals surface area contributed by atoms with Gasteiger partial charge in [0.1, 0.15) is 5.82 Å². The van der Waals surface area contributed by atoms with E-state index in [-0.39, 0.29) is 0 Å². The first-order valence-electron chi connectivity index (χ1n) is 19.3. The van der Waals surface area contributed by atoms with Crippen molar-refractivity contribution < 1.29 is 0 Å². The lowest BCUT2D eigenvalue weighted by Gasteiger charge is -2.15. The molecule has 10 aromatic carbocycles. The van der Waals surface area contributed by atoms with Crippen LogP contribution in [0.1, 0.15) is 5.56 Å². The maximum Gasteiger partial charge on any atom is 0.145 e. The highest BCUT2D eigenvalue weighted by molar-refractivity contribution is 6.25. The molecule has 0 atom stereocenters. The fourth-order valence-electron chi connectivity index (χ4n) is 8.76. The summed E-state index contributed by atoms with van der Waals surface area (Å²) in [4.78, 5) is 5.08. The highest BCUT2D eigenvalue weighted by atomic mass is 15.1. The van der Waals surface area contributed by atoms with Crippen LogP contribution < -0.4 is 0 Å². The SMILES string of the molecule is N#Cc1cc(-c2ccc3c4ccccc4c4ccccc4c3c2)cc(-c2ccc(-c3ccc(-c4nc5ccccc5n4-c4ccccc4)cc3)c3ccccc23)c1. The third kappa shape index (κ3) is 5.39. The van der Waals surface area contributed by atoms with Gasteiger partial charge in [0.25, 0.3) is 0 Å². The zero-order valence-electron chi connectivity index (χ0n) is 30.9. The van der Waals surface area contributed by atoms with Gasteiger partial charge in [0.15, 0.2) is 0 Å². The lowest BCUT2D eigenvalue weighted by atomic mass is 9.89. The van der Waals surface area contributed by atoms with Crippen LogP contribution in [0.4, 0.5) is 0 Å². The zero-order chi connectivity index (χ0) is 37.9. The molecule has 0 bridgehead atoms. The molecule has 0 spiro atoms. The summed E-state index contributed by atoms with van der Waals surface area (Å²) >= 11 is 0. The van der Waals surface area contributed by atoms with E-state index < -0.39 is 0 Å². The van der Waals surface area contributed by atoms with Gasteiger partial charge < -0.3 is 0 Å². The van der Waals surface area contributed by atoms with Crippen LogP contribution in [0.5, 0.6) is 0 Å². The van der Waals surface area contributed by atoms with Gasteiger partial charge in [-0.25, -0.2) is 4.98 Å². The molecule has 1 aromatic heterocycles. The Balaban J connectivity index is 1.01. The van der Waals surface area contributed by atoms with Gasteiger partial charge in [-0.15, -0.1) is 0 Å². The number of para-hydroxylation sites is 3. The minimum Gasteiger partial charge on any atom is -0.292 e. The monoisotopic (exact) mass is 723 g/mol. The molecule has 0 unspecified atom stereocenters. The van der Waals surface area contributed by atoms with E-state index in [0.717, 1.165) is 72.3 Å². The molecule has 0 N–H and O–H groups in total. The Labute approximate surface area is 330 Å². The molecule has 0 aliphatic heterocycles. The van der Waals surface area contributed by atoms with Gasteiger partial charge in [-0.05, 0) is 125 Å². The lowest BCUT2D eigenvalue weighted by Crippen LogP contribution is -1.97. The van der Waals surface area contributed by atoms with Crippen LogP contribution in [0.15, 0.2) is 200 Å². The fraction of sp³-hybridized carbons (Fsp3) is 0. The van der Waals surface area contributed by atoms with Crippen LogP contribution in [0.2, 0.25) is 0 Å². The maximum absolute atomic E-state index is 10.3. The molecule has 0 radical (unpaired) electrons. The van der Waals surface area contributed by atoms with Crippen molar-refractivity contribution in [1.29, 1.82) is 5.26 Å². The van der Waals surface area contributed by atoms with Crippen molar-refractivity contribution in [3.8, 4) is 56.5 Å². The van der Waals surface area contributed by atoms with Crippen molar-refractivity contribution in [1.82, 2.24) is 9.55 Å². The molecule has 0 aliphatic rings. The van der Waals surface area contributed by atoms with Crippen molar-refractivity contribution >= 4 is 54.1 Å². The third-order valence-corrected chi connectivity index (χ3v) is 11.4. The molecular weight excluding hydrogens is 691 g/mol. The van der Waals surface area contributed by atoms with Crippen LogP contribution in [0, 0.1) is 11.3 Å². The molecule has 0 saturated carbocycles. The van der Waals surface area contributed by atoms with Gasteiger partial charge in [-0.2, -0.15) is 5.26 Å². The van der Waals surface area contributed by atoms with E-state index in [4.69, 9.17) is 4.98 Å². The van der Waals surface area contributed by atoms with E-state index in [9.17, 15) is 5.26 Å². The van der Waals surface area contributed by atoms with Crippen LogP contribution in [0.25, 0.3) is 105 Å². The van der Waals surface area contributed by atoms with E-state index in [1.54, 1.807) is 0 Å². The van der Waals surface area contributed by atoms with E-state index >= 15 is 0 Å². The smallest absolute Gasteiger partial charge is 0.145 e. The van der Waals surface area contributed by atoms with E-state index in [0.29, 0.717) is 5.56 Å². The molecule has 3 heteroatoms. The first-order valence-corrected chi connectivity index (χ1v) is 19.3. The van der Waals surface area contributed by atoms with Crippen LogP contribution in [-0.4, -0.2) is 9.55 Å². The normalized spacial score (nSPS) is 11.5. The number of hydrogen-bond donors (Lipinski definition) is 0. The Hall–Kier alpha value is -7.80. The number of fused-ring (bicyclic) bond motifs is 8. The van der Waals surface area contributed by atoms with Gasteiger partial charge in [-0.3, -0.25) is 4.57 Å². The quantitative estimate of drug-likeness (QED) is 0.166. The molecule has 0 amide bonds. The Bertz CT molecular complexity index is 3370. The highest BCUT2D eigenvalue weighted by Gasteiger charge is 2.17. The Morgan fingerprint density at radius 3 is 1.54 bits per heavy atom. The van der Waals surface area contributed by atoms with E-state index in [1.165, 1.54) is 32.3 Å². The predicted octanol–water partition coefficient (Wildman–Crippen LogP) is 14.2. The lowest BCUT2D eigenvalue weighted by molar-refractivity contribution is 1.10. The molecule has 1 heterocycles. The third-order valence-electron chi connectivity index (χ3n) is 11.4. The number of nitrogens with zero attached hydrogens (tertiary/aromatic N) is 3. The molecular formula is C54H33N3. The molecule has 3 nitrogen and oxygen atoms in total. The van der Waals surface area contributed by atoms with Crippen LogP contribution in [0.3, 0.4) is 0 Å². The van der Waals surface area contributed by atoms with Crippen molar-refractivity contribution in [3.63, 3.8) is 0 Å². The van der Waals surface area contributed by atoms with Gasteiger partial charge in [0, 0.05) is 11.3 Å². The maximum atomic E-state index is 10.3. The first-order chi connectivity index (χ1) is 28.2. The standard InChI is InChI=1S/C54H33N3/c55-34-35-30-39(38-26-27-50-48-18-7-6-16-46(48)47-17-8-9-19-49(47)51(50)33-38)32-40(31-35)43-29-28-42(44-14-4-5-15-45(43)44)36-22-24-37(25-23-36)54-56-52-20-10-11-21-53(52)57(54)41-12-2-1-3-13-41/h1-33H. The number of hydrogen-bond acceptors (Lipinski definition) is 2. The minimum atomic E-state index is 0.635. The molecule has 0 fully saturated rings. The van der Waals surface area contributed by atoms with Crippen LogP contribution in [-0.2, 0) is 0 Å². The summed E-state index contributed by atoms with van der Waals surface area (Å²) in [5.74, 6) is 0.912. The Morgan fingerprint density at radius 2 is 0.877 bits per heavy atom. The summed E-state index contributed by atoms with van der Waals surface area (Å²) in [5.41, 5.74) is 11.3. The van der Waals surface area contributed by atoms with Crippen molar-refractivity contribution in [2.45, 2.75) is 0 Å². The Morgan fingerprint density at radius 1 is 0.368 bits per heavy atom. The van der Waals surface area contributed by atoms with Gasteiger partial charge in [0.05, 0.1) is 22.7 Å². The van der Waals surface area contributed by atoms with Crippen molar-refractivity contribution in [3.05, 3.63) is 206 Å². The molecule has 11 aromatic rings. The molecule has 0 saturated heterocycles. The summed E-state index contributed by atoms with van der Waals surface area (Å²) < 4.78 is 2.24. The van der Waals surface area contributed by atoms with E-state index in [2.05, 4.69) is 187 Å². The number of nitriles is 1. The molecule has 57 heavy (non-hydrogen) atoms. The molecule has 0 aliphatic carbocycles. The van der Waals surface area contributed by atoms with Gasteiger partial charge >= 0.3 is 0 Å². The van der Waals surface area contributed by atoms with E-state index in [1.807, 2.05) is 24.3 Å². The minimum absolute atomic E-state index is 0.635. The average Bonchev–Trinajstić information content (AvgIpc) is 3.68. The number of rotatable bonds is 5.